The molecule has 0 aliphatic heterocycles. The van der Waals surface area contributed by atoms with Crippen molar-refractivity contribution in [2.75, 3.05) is 6.61 Å². The van der Waals surface area contributed by atoms with Crippen LogP contribution in [0.2, 0.25) is 0 Å². The van der Waals surface area contributed by atoms with Crippen LogP contribution in [0.25, 0.3) is 6.08 Å². The molecule has 28 heavy (non-hydrogen) atoms. The first kappa shape index (κ1) is 21.1. The standard InChI is InChI=1S/C21H23N3O3S/c1-3-14-27-18-7-5-4-6-17(18)20(26)23-24-21(28)22-19(25)13-12-16-10-8-15(2)9-11-16/h4-13H,3,14H2,1-2H3,(H,23,26)(H2,22,24,25,28). The average Bonchev–Trinajstić information content (AvgIpc) is 2.70. The number of ether oxygens (including phenoxy) is 1. The van der Waals surface area contributed by atoms with Crippen LogP contribution in [0.5, 0.6) is 5.75 Å². The van der Waals surface area contributed by atoms with E-state index in [9.17, 15) is 9.59 Å². The van der Waals surface area contributed by atoms with Crippen molar-refractivity contribution < 1.29 is 14.3 Å². The van der Waals surface area contributed by atoms with Crippen molar-refractivity contribution in [1.29, 1.82) is 0 Å². The normalized spacial score (nSPS) is 10.4. The minimum absolute atomic E-state index is 0.0149. The number of amides is 2. The molecule has 0 fully saturated rings. The van der Waals surface area contributed by atoms with Gasteiger partial charge in [0, 0.05) is 6.08 Å². The number of hydrazine groups is 1. The van der Waals surface area contributed by atoms with Crippen LogP contribution in [0.3, 0.4) is 0 Å². The minimum Gasteiger partial charge on any atom is -0.493 e. The van der Waals surface area contributed by atoms with Crippen molar-refractivity contribution >= 4 is 35.2 Å². The van der Waals surface area contributed by atoms with Crippen molar-refractivity contribution in [3.63, 3.8) is 0 Å². The van der Waals surface area contributed by atoms with Gasteiger partial charge < -0.3 is 4.74 Å². The molecule has 0 spiro atoms. The van der Waals surface area contributed by atoms with Crippen LogP contribution in [0.1, 0.15) is 34.8 Å². The summed E-state index contributed by atoms with van der Waals surface area (Å²) in [4.78, 5) is 24.2. The fourth-order valence-electron chi connectivity index (χ4n) is 2.21. The third-order valence-electron chi connectivity index (χ3n) is 3.62. The summed E-state index contributed by atoms with van der Waals surface area (Å²) in [5, 5.41) is 2.45. The second kappa shape index (κ2) is 10.8. The molecule has 2 rings (SSSR count). The Hall–Kier alpha value is -3.19. The summed E-state index contributed by atoms with van der Waals surface area (Å²) in [6.07, 6.45) is 3.88. The number of rotatable bonds is 6. The maximum atomic E-state index is 12.3. The van der Waals surface area contributed by atoms with Gasteiger partial charge in [0.05, 0.1) is 12.2 Å². The number of thiocarbonyl (C=S) groups is 1. The van der Waals surface area contributed by atoms with Crippen molar-refractivity contribution in [2.45, 2.75) is 20.3 Å². The topological polar surface area (TPSA) is 79.5 Å². The molecule has 0 bridgehead atoms. The zero-order valence-electron chi connectivity index (χ0n) is 15.8. The van der Waals surface area contributed by atoms with E-state index in [0.29, 0.717) is 17.9 Å². The summed E-state index contributed by atoms with van der Waals surface area (Å²) < 4.78 is 5.56. The maximum Gasteiger partial charge on any atom is 0.273 e. The van der Waals surface area contributed by atoms with Crippen LogP contribution in [0, 0.1) is 6.92 Å². The van der Waals surface area contributed by atoms with E-state index >= 15 is 0 Å². The predicted molar refractivity (Wildman–Crippen MR) is 114 cm³/mol. The molecule has 6 nitrogen and oxygen atoms in total. The molecule has 0 atom stereocenters. The summed E-state index contributed by atoms with van der Waals surface area (Å²) in [6.45, 7) is 4.49. The van der Waals surface area contributed by atoms with Crippen molar-refractivity contribution in [2.24, 2.45) is 0 Å². The van der Waals surface area contributed by atoms with Gasteiger partial charge in [-0.15, -0.1) is 0 Å². The Morgan fingerprint density at radius 2 is 1.79 bits per heavy atom. The van der Waals surface area contributed by atoms with Crippen molar-refractivity contribution in [3.8, 4) is 5.75 Å². The smallest absolute Gasteiger partial charge is 0.273 e. The Morgan fingerprint density at radius 3 is 2.50 bits per heavy atom. The summed E-state index contributed by atoms with van der Waals surface area (Å²) in [6, 6.07) is 14.6. The molecule has 0 aliphatic carbocycles. The molecule has 0 heterocycles. The highest BCUT2D eigenvalue weighted by Gasteiger charge is 2.12. The molecule has 3 N–H and O–H groups in total. The highest BCUT2D eigenvalue weighted by molar-refractivity contribution is 7.80. The Labute approximate surface area is 169 Å². The lowest BCUT2D eigenvalue weighted by molar-refractivity contribution is -0.115. The van der Waals surface area contributed by atoms with Gasteiger partial charge in [0.2, 0.25) is 5.91 Å². The minimum atomic E-state index is -0.418. The molecule has 2 amide bonds. The Balaban J connectivity index is 1.84. The van der Waals surface area contributed by atoms with E-state index in [1.54, 1.807) is 30.3 Å². The summed E-state index contributed by atoms with van der Waals surface area (Å²) >= 11 is 5.03. The van der Waals surface area contributed by atoms with Crippen molar-refractivity contribution in [3.05, 3.63) is 71.3 Å². The van der Waals surface area contributed by atoms with Gasteiger partial charge in [0.15, 0.2) is 5.11 Å². The van der Waals surface area contributed by atoms with Crippen LogP contribution in [0.4, 0.5) is 0 Å². The van der Waals surface area contributed by atoms with E-state index in [2.05, 4.69) is 16.2 Å². The molecule has 0 aromatic heterocycles. The van der Waals surface area contributed by atoms with E-state index in [0.717, 1.165) is 17.5 Å². The second-order valence-corrected chi connectivity index (χ2v) is 6.39. The van der Waals surface area contributed by atoms with Crippen LogP contribution in [-0.4, -0.2) is 23.5 Å². The number of para-hydroxylation sites is 1. The van der Waals surface area contributed by atoms with Gasteiger partial charge >= 0.3 is 0 Å². The number of carbonyl (C=O) groups is 2. The highest BCUT2D eigenvalue weighted by Crippen LogP contribution is 2.17. The molecule has 2 aromatic carbocycles. The predicted octanol–water partition coefficient (Wildman–Crippen LogP) is 3.13. The second-order valence-electron chi connectivity index (χ2n) is 5.99. The zero-order chi connectivity index (χ0) is 20.4. The lowest BCUT2D eigenvalue weighted by Crippen LogP contribution is -2.48. The number of benzene rings is 2. The van der Waals surface area contributed by atoms with Gasteiger partial charge in [-0.05, 0) is 49.3 Å². The molecular weight excluding hydrogens is 374 g/mol. The Bertz CT molecular complexity index is 863. The average molecular weight is 398 g/mol. The fraction of sp³-hybridized carbons (Fsp3) is 0.190. The van der Waals surface area contributed by atoms with Crippen molar-refractivity contribution in [1.82, 2.24) is 16.2 Å². The van der Waals surface area contributed by atoms with Crippen LogP contribution >= 0.6 is 12.2 Å². The molecule has 0 unspecified atom stereocenters. The monoisotopic (exact) mass is 397 g/mol. The first-order valence-corrected chi connectivity index (χ1v) is 9.28. The molecule has 0 aliphatic rings. The Kier molecular flexibility index (Phi) is 8.17. The first-order valence-electron chi connectivity index (χ1n) is 8.87. The van der Waals surface area contributed by atoms with Crippen LogP contribution in [-0.2, 0) is 4.79 Å². The number of hydrogen-bond donors (Lipinski definition) is 3. The Morgan fingerprint density at radius 1 is 1.07 bits per heavy atom. The molecular formula is C21H23N3O3S. The van der Waals surface area contributed by atoms with E-state index in [-0.39, 0.29) is 5.11 Å². The van der Waals surface area contributed by atoms with Gasteiger partial charge in [-0.25, -0.2) is 0 Å². The van der Waals surface area contributed by atoms with Gasteiger partial charge in [0.1, 0.15) is 5.75 Å². The third-order valence-corrected chi connectivity index (χ3v) is 3.83. The third kappa shape index (κ3) is 6.85. The van der Waals surface area contributed by atoms with Gasteiger partial charge in [0.25, 0.3) is 5.91 Å². The summed E-state index contributed by atoms with van der Waals surface area (Å²) in [5.74, 6) is -0.336. The number of hydrogen-bond acceptors (Lipinski definition) is 4. The molecule has 0 saturated carbocycles. The molecule has 2 aromatic rings. The largest absolute Gasteiger partial charge is 0.493 e. The molecule has 146 valence electrons. The lowest BCUT2D eigenvalue weighted by Gasteiger charge is -2.12. The zero-order valence-corrected chi connectivity index (χ0v) is 16.6. The quantitative estimate of drug-likeness (QED) is 0.396. The van der Waals surface area contributed by atoms with Crippen LogP contribution in [0.15, 0.2) is 54.6 Å². The number of aryl methyl sites for hydroxylation is 1. The molecule has 0 saturated heterocycles. The van der Waals surface area contributed by atoms with E-state index < -0.39 is 11.8 Å². The summed E-state index contributed by atoms with van der Waals surface area (Å²) in [5.41, 5.74) is 7.38. The maximum absolute atomic E-state index is 12.3. The number of carbonyl (C=O) groups excluding carboxylic acids is 2. The molecule has 0 radical (unpaired) electrons. The first-order chi connectivity index (χ1) is 13.5. The SMILES string of the molecule is CCCOc1ccccc1C(=O)NNC(=S)NC(=O)C=Cc1ccc(C)cc1. The van der Waals surface area contributed by atoms with E-state index in [1.807, 2.05) is 38.1 Å². The van der Waals surface area contributed by atoms with Gasteiger partial charge in [-0.2, -0.15) is 0 Å². The van der Waals surface area contributed by atoms with Gasteiger partial charge in [-0.1, -0.05) is 48.9 Å². The van der Waals surface area contributed by atoms with E-state index in [1.165, 1.54) is 6.08 Å². The van der Waals surface area contributed by atoms with E-state index in [4.69, 9.17) is 17.0 Å². The number of nitrogens with one attached hydrogen (secondary N) is 3. The van der Waals surface area contributed by atoms with Crippen LogP contribution < -0.4 is 20.9 Å². The van der Waals surface area contributed by atoms with Gasteiger partial charge in [-0.3, -0.25) is 25.8 Å². The lowest BCUT2D eigenvalue weighted by atomic mass is 10.1. The highest BCUT2D eigenvalue weighted by atomic mass is 32.1. The molecule has 7 heteroatoms. The summed E-state index contributed by atoms with van der Waals surface area (Å²) in [7, 11) is 0. The fourth-order valence-corrected chi connectivity index (χ4v) is 2.36.